The summed E-state index contributed by atoms with van der Waals surface area (Å²) in [6, 6.07) is 37.2. The van der Waals surface area contributed by atoms with Crippen molar-refractivity contribution in [2.45, 2.75) is 25.6 Å². The Balaban J connectivity index is 1.84. The topological polar surface area (TPSA) is 67.2 Å². The maximum absolute atomic E-state index is 12.4. The fourth-order valence-electron chi connectivity index (χ4n) is 4.42. The van der Waals surface area contributed by atoms with Gasteiger partial charge in [-0.25, -0.2) is 0 Å². The molecule has 172 valence electrons. The molecule has 4 rings (SSSR count). The first-order valence-corrected chi connectivity index (χ1v) is 11.7. The molecule has 0 fully saturated rings. The molecule has 0 heterocycles. The molecular formula is C30H31N3O. The fourth-order valence-corrected chi connectivity index (χ4v) is 4.42. The van der Waals surface area contributed by atoms with E-state index in [0.717, 1.165) is 27.8 Å². The van der Waals surface area contributed by atoms with Crippen molar-refractivity contribution >= 4 is 5.91 Å². The SMILES string of the molecule is CCNC(=O)c1ccc(C(NCc2cccc(CN)c2)(c2ccccc2)c2ccccc2)cc1. The summed E-state index contributed by atoms with van der Waals surface area (Å²) in [6.45, 7) is 3.68. The van der Waals surface area contributed by atoms with Gasteiger partial charge in [0.1, 0.15) is 0 Å². The largest absolute Gasteiger partial charge is 0.352 e. The van der Waals surface area contributed by atoms with Crippen LogP contribution in [0.25, 0.3) is 0 Å². The van der Waals surface area contributed by atoms with Crippen molar-refractivity contribution in [2.75, 3.05) is 6.54 Å². The van der Waals surface area contributed by atoms with Crippen LogP contribution in [0, 0.1) is 0 Å². The molecule has 0 atom stereocenters. The van der Waals surface area contributed by atoms with Crippen LogP contribution in [0.3, 0.4) is 0 Å². The van der Waals surface area contributed by atoms with Gasteiger partial charge in [0.15, 0.2) is 0 Å². The number of amides is 1. The van der Waals surface area contributed by atoms with Gasteiger partial charge in [0.05, 0.1) is 5.54 Å². The van der Waals surface area contributed by atoms with Gasteiger partial charge in [-0.1, -0.05) is 97.1 Å². The minimum Gasteiger partial charge on any atom is -0.352 e. The summed E-state index contributed by atoms with van der Waals surface area (Å²) in [6.07, 6.45) is 0. The summed E-state index contributed by atoms with van der Waals surface area (Å²) in [4.78, 5) is 12.4. The van der Waals surface area contributed by atoms with Crippen LogP contribution in [0.2, 0.25) is 0 Å². The number of nitrogens with two attached hydrogens (primary N) is 1. The van der Waals surface area contributed by atoms with E-state index in [2.05, 4.69) is 71.3 Å². The van der Waals surface area contributed by atoms with Crippen LogP contribution in [-0.4, -0.2) is 12.5 Å². The van der Waals surface area contributed by atoms with Crippen LogP contribution in [0.15, 0.2) is 109 Å². The molecule has 0 aliphatic rings. The molecule has 0 unspecified atom stereocenters. The monoisotopic (exact) mass is 449 g/mol. The van der Waals surface area contributed by atoms with Gasteiger partial charge in [0.25, 0.3) is 5.91 Å². The third kappa shape index (κ3) is 4.93. The lowest BCUT2D eigenvalue weighted by atomic mass is 9.76. The standard InChI is InChI=1S/C30H31N3O/c1-2-32-29(34)25-16-18-28(19-17-25)30(26-12-5-3-6-13-26,27-14-7-4-8-15-27)33-22-24-11-9-10-23(20-24)21-31/h3-20,33H,2,21-22,31H2,1H3,(H,32,34). The van der Waals surface area contributed by atoms with Gasteiger partial charge in [-0.15, -0.1) is 0 Å². The normalized spacial score (nSPS) is 11.2. The predicted molar refractivity (Wildman–Crippen MR) is 138 cm³/mol. The first-order chi connectivity index (χ1) is 16.7. The van der Waals surface area contributed by atoms with Gasteiger partial charge >= 0.3 is 0 Å². The molecule has 0 aromatic heterocycles. The number of carbonyl (C=O) groups is 1. The lowest BCUT2D eigenvalue weighted by Crippen LogP contribution is -2.44. The van der Waals surface area contributed by atoms with E-state index in [4.69, 9.17) is 5.73 Å². The fraction of sp³-hybridized carbons (Fsp3) is 0.167. The summed E-state index contributed by atoms with van der Waals surface area (Å²) in [5.41, 5.74) is 11.5. The molecule has 0 saturated carbocycles. The van der Waals surface area contributed by atoms with Crippen LogP contribution in [0.1, 0.15) is 45.1 Å². The number of rotatable bonds is 9. The van der Waals surface area contributed by atoms with E-state index in [-0.39, 0.29) is 5.91 Å². The zero-order valence-electron chi connectivity index (χ0n) is 19.5. The van der Waals surface area contributed by atoms with Gasteiger partial charge in [0, 0.05) is 25.2 Å². The first kappa shape index (κ1) is 23.4. The summed E-state index contributed by atoms with van der Waals surface area (Å²) in [7, 11) is 0. The van der Waals surface area contributed by atoms with Crippen LogP contribution < -0.4 is 16.4 Å². The van der Waals surface area contributed by atoms with Gasteiger partial charge in [-0.2, -0.15) is 0 Å². The second-order valence-corrected chi connectivity index (χ2v) is 8.30. The van der Waals surface area contributed by atoms with E-state index >= 15 is 0 Å². The second-order valence-electron chi connectivity index (χ2n) is 8.30. The van der Waals surface area contributed by atoms with Crippen molar-refractivity contribution in [3.63, 3.8) is 0 Å². The maximum atomic E-state index is 12.4. The van der Waals surface area contributed by atoms with Crippen LogP contribution in [-0.2, 0) is 18.6 Å². The Morgan fingerprint density at radius 1 is 0.735 bits per heavy atom. The van der Waals surface area contributed by atoms with E-state index in [9.17, 15) is 4.79 Å². The van der Waals surface area contributed by atoms with Gasteiger partial charge in [-0.3, -0.25) is 10.1 Å². The maximum Gasteiger partial charge on any atom is 0.251 e. The molecule has 4 N–H and O–H groups in total. The van der Waals surface area contributed by atoms with Crippen LogP contribution in [0.4, 0.5) is 0 Å². The Morgan fingerprint density at radius 2 is 1.29 bits per heavy atom. The van der Waals surface area contributed by atoms with Crippen LogP contribution in [0.5, 0.6) is 0 Å². The van der Waals surface area contributed by atoms with Gasteiger partial charge in [0.2, 0.25) is 0 Å². The Hall–Kier alpha value is -3.73. The Morgan fingerprint density at radius 3 is 1.85 bits per heavy atom. The Labute approximate surface area is 201 Å². The second kappa shape index (κ2) is 10.9. The molecule has 4 aromatic carbocycles. The van der Waals surface area contributed by atoms with Gasteiger partial charge in [-0.05, 0) is 46.9 Å². The highest BCUT2D eigenvalue weighted by molar-refractivity contribution is 5.94. The van der Waals surface area contributed by atoms with Gasteiger partial charge < -0.3 is 11.1 Å². The highest BCUT2D eigenvalue weighted by Gasteiger charge is 2.36. The molecule has 0 aliphatic carbocycles. The molecule has 4 heteroatoms. The van der Waals surface area contributed by atoms with E-state index in [1.54, 1.807) is 0 Å². The molecule has 34 heavy (non-hydrogen) atoms. The third-order valence-corrected chi connectivity index (χ3v) is 6.12. The zero-order chi connectivity index (χ0) is 23.8. The summed E-state index contributed by atoms with van der Waals surface area (Å²) in [5.74, 6) is -0.0642. The average molecular weight is 450 g/mol. The molecule has 4 aromatic rings. The van der Waals surface area contributed by atoms with Crippen molar-refractivity contribution in [2.24, 2.45) is 5.73 Å². The molecule has 0 radical (unpaired) electrons. The summed E-state index contributed by atoms with van der Waals surface area (Å²) < 4.78 is 0. The number of carbonyl (C=O) groups excluding carboxylic acids is 1. The van der Waals surface area contributed by atoms with Crippen molar-refractivity contribution in [1.82, 2.24) is 10.6 Å². The minimum atomic E-state index is -0.610. The summed E-state index contributed by atoms with van der Waals surface area (Å²) >= 11 is 0. The van der Waals surface area contributed by atoms with Crippen molar-refractivity contribution in [3.05, 3.63) is 143 Å². The molecule has 0 aliphatic heterocycles. The molecule has 0 spiro atoms. The molecular weight excluding hydrogens is 418 g/mol. The van der Waals surface area contributed by atoms with Crippen molar-refractivity contribution < 1.29 is 4.79 Å². The summed E-state index contributed by atoms with van der Waals surface area (Å²) in [5, 5.41) is 6.76. The van der Waals surface area contributed by atoms with Crippen molar-refractivity contribution in [3.8, 4) is 0 Å². The number of hydrogen-bond acceptors (Lipinski definition) is 3. The molecule has 4 nitrogen and oxygen atoms in total. The third-order valence-electron chi connectivity index (χ3n) is 6.12. The smallest absolute Gasteiger partial charge is 0.251 e. The van der Waals surface area contributed by atoms with E-state index < -0.39 is 5.54 Å². The Kier molecular flexibility index (Phi) is 7.53. The molecule has 0 bridgehead atoms. The number of hydrogen-bond donors (Lipinski definition) is 3. The van der Waals surface area contributed by atoms with Crippen molar-refractivity contribution in [1.29, 1.82) is 0 Å². The highest BCUT2D eigenvalue weighted by atomic mass is 16.1. The van der Waals surface area contributed by atoms with E-state index in [1.807, 2.05) is 55.5 Å². The first-order valence-electron chi connectivity index (χ1n) is 11.7. The predicted octanol–water partition coefficient (Wildman–Crippen LogP) is 4.98. The quantitative estimate of drug-likeness (QED) is 0.316. The van der Waals surface area contributed by atoms with E-state index in [0.29, 0.717) is 25.2 Å². The van der Waals surface area contributed by atoms with E-state index in [1.165, 1.54) is 0 Å². The zero-order valence-corrected chi connectivity index (χ0v) is 19.5. The number of nitrogens with one attached hydrogen (secondary N) is 2. The molecule has 1 amide bonds. The van der Waals surface area contributed by atoms with Crippen LogP contribution >= 0.6 is 0 Å². The average Bonchev–Trinajstić information content (AvgIpc) is 2.91. The minimum absolute atomic E-state index is 0.0642. The highest BCUT2D eigenvalue weighted by Crippen LogP contribution is 2.37. The molecule has 0 saturated heterocycles. The lowest BCUT2D eigenvalue weighted by molar-refractivity contribution is 0.0956. The Bertz CT molecular complexity index is 1170. The lowest BCUT2D eigenvalue weighted by Gasteiger charge is -2.37. The number of benzene rings is 4.